The molecule has 0 unspecified atom stereocenters. The minimum atomic E-state index is -0.145. The Bertz CT molecular complexity index is 1580. The van der Waals surface area contributed by atoms with Gasteiger partial charge in [-0.1, -0.05) is 23.9 Å². The molecule has 9 heteroatoms. The smallest absolute Gasteiger partial charge is 0.272 e. The molecule has 0 fully saturated rings. The number of pyridine rings is 1. The summed E-state index contributed by atoms with van der Waals surface area (Å²) in [6.45, 7) is 0.326. The molecule has 0 saturated carbocycles. The fourth-order valence-corrected chi connectivity index (χ4v) is 5.61. The highest BCUT2D eigenvalue weighted by Gasteiger charge is 2.18. The number of ether oxygens (including phenoxy) is 2. The van der Waals surface area contributed by atoms with Crippen molar-refractivity contribution in [2.45, 2.75) is 11.7 Å². The van der Waals surface area contributed by atoms with Gasteiger partial charge in [0.15, 0.2) is 10.9 Å². The van der Waals surface area contributed by atoms with Gasteiger partial charge in [-0.3, -0.25) is 14.2 Å². The zero-order valence-corrected chi connectivity index (χ0v) is 20.7. The first-order chi connectivity index (χ1) is 17.1. The Morgan fingerprint density at radius 1 is 1.00 bits per heavy atom. The molecule has 0 radical (unpaired) electrons. The van der Waals surface area contributed by atoms with Crippen molar-refractivity contribution in [2.24, 2.45) is 0 Å². The first-order valence-electron chi connectivity index (χ1n) is 10.8. The van der Waals surface area contributed by atoms with E-state index in [1.807, 2.05) is 36.4 Å². The summed E-state index contributed by atoms with van der Waals surface area (Å²) < 4.78 is 12.6. The molecule has 5 rings (SSSR count). The van der Waals surface area contributed by atoms with Gasteiger partial charge in [0.05, 0.1) is 32.0 Å². The second-order valence-electron chi connectivity index (χ2n) is 7.71. The standard InChI is InChI=1S/C26H21N3O4S2/c1-32-18-9-5-16(6-10-18)14-29-25(31)23-22(20-4-3-13-27-24(20)35-23)28-26(29)34-15-21(30)17-7-11-19(33-2)12-8-17/h3-13H,14-15H2,1-2H3. The molecule has 7 nitrogen and oxygen atoms in total. The third kappa shape index (κ3) is 4.65. The summed E-state index contributed by atoms with van der Waals surface area (Å²) in [5, 5.41) is 1.33. The van der Waals surface area contributed by atoms with Gasteiger partial charge in [0.25, 0.3) is 5.56 Å². The van der Waals surface area contributed by atoms with Crippen LogP contribution in [-0.4, -0.2) is 40.3 Å². The van der Waals surface area contributed by atoms with Crippen LogP contribution in [0.1, 0.15) is 15.9 Å². The number of nitrogens with zero attached hydrogens (tertiary/aromatic N) is 3. The Balaban J connectivity index is 1.53. The molecule has 35 heavy (non-hydrogen) atoms. The molecule has 0 amide bonds. The van der Waals surface area contributed by atoms with Gasteiger partial charge in [0.2, 0.25) is 0 Å². The van der Waals surface area contributed by atoms with Gasteiger partial charge in [-0.15, -0.1) is 11.3 Å². The largest absolute Gasteiger partial charge is 0.497 e. The highest BCUT2D eigenvalue weighted by Crippen LogP contribution is 2.31. The molecule has 2 aromatic carbocycles. The predicted molar refractivity (Wildman–Crippen MR) is 139 cm³/mol. The molecule has 0 bridgehead atoms. The average molecular weight is 504 g/mol. The quantitative estimate of drug-likeness (QED) is 0.167. The molecule has 0 atom stereocenters. The molecule has 3 aromatic heterocycles. The van der Waals surface area contributed by atoms with E-state index in [-0.39, 0.29) is 17.1 Å². The highest BCUT2D eigenvalue weighted by atomic mass is 32.2. The van der Waals surface area contributed by atoms with E-state index < -0.39 is 0 Å². The van der Waals surface area contributed by atoms with Crippen molar-refractivity contribution >= 4 is 49.3 Å². The summed E-state index contributed by atoms with van der Waals surface area (Å²) in [5.41, 5.74) is 1.98. The number of benzene rings is 2. The number of fused-ring (bicyclic) bond motifs is 3. The number of thiophene rings is 1. The first-order valence-corrected chi connectivity index (χ1v) is 12.6. The number of ketones is 1. The van der Waals surface area contributed by atoms with Crippen LogP contribution in [0.15, 0.2) is 76.8 Å². The number of rotatable bonds is 8. The molecular formula is C26H21N3O4S2. The Morgan fingerprint density at radius 2 is 1.69 bits per heavy atom. The van der Waals surface area contributed by atoms with Gasteiger partial charge in [-0.25, -0.2) is 9.97 Å². The second kappa shape index (κ2) is 9.89. The van der Waals surface area contributed by atoms with Crippen LogP contribution in [0.2, 0.25) is 0 Å². The van der Waals surface area contributed by atoms with Crippen LogP contribution in [0.4, 0.5) is 0 Å². The predicted octanol–water partition coefficient (Wildman–Crippen LogP) is 5.05. The molecule has 3 heterocycles. The Kier molecular flexibility index (Phi) is 6.52. The molecule has 0 N–H and O–H groups in total. The van der Waals surface area contributed by atoms with Gasteiger partial charge < -0.3 is 9.47 Å². The third-order valence-electron chi connectivity index (χ3n) is 5.56. The van der Waals surface area contributed by atoms with E-state index in [1.165, 1.54) is 23.1 Å². The molecular weight excluding hydrogens is 482 g/mol. The fraction of sp³-hybridized carbons (Fsp3) is 0.154. The van der Waals surface area contributed by atoms with E-state index in [2.05, 4.69) is 4.98 Å². The number of methoxy groups -OCH3 is 2. The van der Waals surface area contributed by atoms with Crippen LogP contribution in [0, 0.1) is 0 Å². The van der Waals surface area contributed by atoms with Crippen LogP contribution >= 0.6 is 23.1 Å². The lowest BCUT2D eigenvalue weighted by atomic mass is 10.1. The number of Topliss-reactive ketones (excluding diaryl/α,β-unsaturated/α-hetero) is 1. The molecule has 5 aromatic rings. The van der Waals surface area contributed by atoms with E-state index in [1.54, 1.807) is 49.2 Å². The zero-order valence-electron chi connectivity index (χ0n) is 19.1. The maximum atomic E-state index is 13.6. The minimum absolute atomic E-state index is 0.0557. The van der Waals surface area contributed by atoms with Gasteiger partial charge in [-0.05, 0) is 54.1 Å². The number of aromatic nitrogens is 3. The lowest BCUT2D eigenvalue weighted by Gasteiger charge is -2.12. The topological polar surface area (TPSA) is 83.3 Å². The van der Waals surface area contributed by atoms with Crippen LogP contribution in [0.5, 0.6) is 11.5 Å². The molecule has 0 aliphatic carbocycles. The average Bonchev–Trinajstić information content (AvgIpc) is 3.28. The van der Waals surface area contributed by atoms with Gasteiger partial charge in [0.1, 0.15) is 21.0 Å². The van der Waals surface area contributed by atoms with Crippen molar-refractivity contribution < 1.29 is 14.3 Å². The maximum Gasteiger partial charge on any atom is 0.272 e. The van der Waals surface area contributed by atoms with E-state index in [0.717, 1.165) is 21.5 Å². The molecule has 0 saturated heterocycles. The maximum absolute atomic E-state index is 13.6. The summed E-state index contributed by atoms with van der Waals surface area (Å²) in [6, 6.07) is 18.3. The van der Waals surface area contributed by atoms with Crippen molar-refractivity contribution in [1.82, 2.24) is 14.5 Å². The van der Waals surface area contributed by atoms with Crippen LogP contribution in [-0.2, 0) is 6.54 Å². The summed E-state index contributed by atoms with van der Waals surface area (Å²) in [5.74, 6) is 1.52. The van der Waals surface area contributed by atoms with Crippen molar-refractivity contribution in [3.05, 3.63) is 88.3 Å². The minimum Gasteiger partial charge on any atom is -0.497 e. The number of carbonyl (C=O) groups is 1. The molecule has 176 valence electrons. The Morgan fingerprint density at radius 3 is 2.37 bits per heavy atom. The van der Waals surface area contributed by atoms with Crippen LogP contribution in [0.25, 0.3) is 20.4 Å². The molecule has 0 aliphatic rings. The lowest BCUT2D eigenvalue weighted by molar-refractivity contribution is 0.102. The van der Waals surface area contributed by atoms with Crippen LogP contribution in [0.3, 0.4) is 0 Å². The second-order valence-corrected chi connectivity index (χ2v) is 9.65. The number of carbonyl (C=O) groups excluding carboxylic acids is 1. The molecule has 0 spiro atoms. The van der Waals surface area contributed by atoms with Gasteiger partial charge in [-0.2, -0.15) is 0 Å². The van der Waals surface area contributed by atoms with Crippen molar-refractivity contribution in [3.63, 3.8) is 0 Å². The SMILES string of the molecule is COc1ccc(Cn2c(SCC(=O)c3ccc(OC)cc3)nc3c(sc4ncccc43)c2=O)cc1. The van der Waals surface area contributed by atoms with Crippen molar-refractivity contribution in [3.8, 4) is 11.5 Å². The number of hydrogen-bond acceptors (Lipinski definition) is 8. The Hall–Kier alpha value is -3.69. The number of hydrogen-bond donors (Lipinski definition) is 0. The highest BCUT2D eigenvalue weighted by molar-refractivity contribution is 7.99. The third-order valence-corrected chi connectivity index (χ3v) is 7.63. The zero-order chi connectivity index (χ0) is 24.4. The number of thioether (sulfide) groups is 1. The van der Waals surface area contributed by atoms with Gasteiger partial charge >= 0.3 is 0 Å². The summed E-state index contributed by atoms with van der Waals surface area (Å²) in [6.07, 6.45) is 1.71. The van der Waals surface area contributed by atoms with E-state index in [4.69, 9.17) is 14.5 Å². The monoisotopic (exact) mass is 503 g/mol. The molecule has 0 aliphatic heterocycles. The van der Waals surface area contributed by atoms with E-state index in [0.29, 0.717) is 33.2 Å². The van der Waals surface area contributed by atoms with E-state index in [9.17, 15) is 9.59 Å². The van der Waals surface area contributed by atoms with E-state index >= 15 is 0 Å². The normalized spacial score (nSPS) is 11.1. The summed E-state index contributed by atoms with van der Waals surface area (Å²) in [7, 11) is 3.20. The lowest BCUT2D eigenvalue weighted by Crippen LogP contribution is -2.23. The first kappa shape index (κ1) is 23.1. The van der Waals surface area contributed by atoms with Crippen molar-refractivity contribution in [2.75, 3.05) is 20.0 Å². The Labute approximate surface area is 209 Å². The van der Waals surface area contributed by atoms with Gasteiger partial charge in [0, 0.05) is 17.1 Å². The summed E-state index contributed by atoms with van der Waals surface area (Å²) in [4.78, 5) is 36.5. The summed E-state index contributed by atoms with van der Waals surface area (Å²) >= 11 is 2.60. The fourth-order valence-electron chi connectivity index (χ4n) is 3.69. The van der Waals surface area contributed by atoms with Crippen molar-refractivity contribution in [1.29, 1.82) is 0 Å². The van der Waals surface area contributed by atoms with Crippen LogP contribution < -0.4 is 15.0 Å².